The van der Waals surface area contributed by atoms with Crippen LogP contribution in [-0.4, -0.2) is 37.3 Å². The number of phenols is 2. The molecule has 0 radical (unpaired) electrons. The van der Waals surface area contributed by atoms with Crippen LogP contribution in [0.4, 0.5) is 18.9 Å². The number of nitrogens with zero attached hydrogens (tertiary/aromatic N) is 2. The SMILES string of the molecule is CCOC(=O)c1cc(-c2cc(O)c(O)c([N+](=O)[O-])c2)n(C)c1-c1c(C(F)(F)F)cc[nH]c1=O. The standard InChI is InChI=1S/C20H16F3N3O7/c1-3-33-19(30)10-8-12(9-6-13(26(31)32)17(28)14(27)7-9)25(2)16(10)15-11(20(21,22)23)4-5-24-18(15)29/h4-8,27-28H,3H2,1-2H3,(H,24,29). The van der Waals surface area contributed by atoms with Gasteiger partial charge in [0, 0.05) is 30.6 Å². The van der Waals surface area contributed by atoms with Crippen molar-refractivity contribution in [3.63, 3.8) is 0 Å². The molecule has 0 saturated carbocycles. The molecule has 33 heavy (non-hydrogen) atoms. The van der Waals surface area contributed by atoms with Crippen LogP contribution >= 0.6 is 0 Å². The maximum absolute atomic E-state index is 13.7. The van der Waals surface area contributed by atoms with E-state index in [-0.39, 0.29) is 17.9 Å². The number of H-pyrrole nitrogens is 1. The second-order valence-corrected chi connectivity index (χ2v) is 6.78. The van der Waals surface area contributed by atoms with Gasteiger partial charge in [0.15, 0.2) is 5.75 Å². The number of nitro benzene ring substituents is 1. The number of aromatic hydroxyl groups is 2. The highest BCUT2D eigenvalue weighted by molar-refractivity contribution is 5.99. The van der Waals surface area contributed by atoms with E-state index in [9.17, 15) is 43.1 Å². The number of halogens is 3. The second kappa shape index (κ2) is 8.33. The Bertz CT molecular complexity index is 1330. The van der Waals surface area contributed by atoms with E-state index in [4.69, 9.17) is 4.74 Å². The van der Waals surface area contributed by atoms with Gasteiger partial charge in [0.05, 0.1) is 33.9 Å². The smallest absolute Gasteiger partial charge is 0.417 e. The number of carbonyl (C=O) groups is 1. The van der Waals surface area contributed by atoms with E-state index in [2.05, 4.69) is 4.98 Å². The van der Waals surface area contributed by atoms with E-state index in [0.29, 0.717) is 6.07 Å². The molecule has 2 aromatic heterocycles. The molecule has 1 aromatic carbocycles. The number of phenolic OH excluding ortho intramolecular Hbond substituents is 2. The summed E-state index contributed by atoms with van der Waals surface area (Å²) in [6.45, 7) is 1.35. The predicted molar refractivity (Wildman–Crippen MR) is 108 cm³/mol. The van der Waals surface area contributed by atoms with E-state index in [1.54, 1.807) is 0 Å². The summed E-state index contributed by atoms with van der Waals surface area (Å²) in [6, 6.07) is 3.50. The van der Waals surface area contributed by atoms with Crippen LogP contribution in [0.3, 0.4) is 0 Å². The first-order chi connectivity index (χ1) is 15.4. The molecule has 0 atom stereocenters. The summed E-state index contributed by atoms with van der Waals surface area (Å²) >= 11 is 0. The fraction of sp³-hybridized carbons (Fsp3) is 0.200. The van der Waals surface area contributed by atoms with Crippen molar-refractivity contribution in [2.45, 2.75) is 13.1 Å². The van der Waals surface area contributed by atoms with Gasteiger partial charge in [0.25, 0.3) is 5.56 Å². The minimum Gasteiger partial charge on any atom is -0.504 e. The van der Waals surface area contributed by atoms with Crippen molar-refractivity contribution < 1.29 is 37.8 Å². The third-order valence-electron chi connectivity index (χ3n) is 4.79. The molecular formula is C20H16F3N3O7. The van der Waals surface area contributed by atoms with Gasteiger partial charge in [-0.1, -0.05) is 0 Å². The quantitative estimate of drug-likeness (QED) is 0.225. The number of benzene rings is 1. The number of hydrogen-bond donors (Lipinski definition) is 3. The fourth-order valence-electron chi connectivity index (χ4n) is 3.39. The van der Waals surface area contributed by atoms with Crippen LogP contribution in [-0.2, 0) is 18.0 Å². The summed E-state index contributed by atoms with van der Waals surface area (Å²) in [4.78, 5) is 37.4. The lowest BCUT2D eigenvalue weighted by Crippen LogP contribution is -2.20. The summed E-state index contributed by atoms with van der Waals surface area (Å²) in [5, 5.41) is 30.8. The molecule has 0 aliphatic rings. The molecule has 2 heterocycles. The predicted octanol–water partition coefficient (Wildman–Crippen LogP) is 3.56. The summed E-state index contributed by atoms with van der Waals surface area (Å²) in [7, 11) is 1.23. The van der Waals surface area contributed by atoms with Gasteiger partial charge < -0.3 is 24.5 Å². The molecule has 3 rings (SSSR count). The Balaban J connectivity index is 2.42. The highest BCUT2D eigenvalue weighted by atomic mass is 19.4. The zero-order valence-electron chi connectivity index (χ0n) is 17.1. The first-order valence-corrected chi connectivity index (χ1v) is 9.25. The van der Waals surface area contributed by atoms with Crippen molar-refractivity contribution in [2.24, 2.45) is 7.05 Å². The van der Waals surface area contributed by atoms with Crippen LogP contribution < -0.4 is 5.56 Å². The van der Waals surface area contributed by atoms with Crippen molar-refractivity contribution in [3.05, 3.63) is 62.1 Å². The molecular weight excluding hydrogens is 451 g/mol. The van der Waals surface area contributed by atoms with Gasteiger partial charge in [-0.3, -0.25) is 14.9 Å². The first kappa shape index (κ1) is 23.4. The Morgan fingerprint density at radius 1 is 1.27 bits per heavy atom. The molecule has 0 spiro atoms. The van der Waals surface area contributed by atoms with Crippen molar-refractivity contribution in [2.75, 3.05) is 6.61 Å². The Hall–Kier alpha value is -4.29. The van der Waals surface area contributed by atoms with E-state index in [1.807, 2.05) is 0 Å². The highest BCUT2D eigenvalue weighted by Crippen LogP contribution is 2.42. The lowest BCUT2D eigenvalue weighted by Gasteiger charge is -2.15. The van der Waals surface area contributed by atoms with Gasteiger partial charge in [-0.05, 0) is 25.1 Å². The molecule has 0 bridgehead atoms. The number of hydrogen-bond acceptors (Lipinski definition) is 7. The molecule has 10 nitrogen and oxygen atoms in total. The molecule has 13 heteroatoms. The second-order valence-electron chi connectivity index (χ2n) is 6.78. The average molecular weight is 467 g/mol. The summed E-state index contributed by atoms with van der Waals surface area (Å²) in [6.07, 6.45) is -4.14. The number of pyridine rings is 1. The molecule has 0 saturated heterocycles. The van der Waals surface area contributed by atoms with Gasteiger partial charge in [-0.15, -0.1) is 0 Å². The number of aromatic amines is 1. The number of esters is 1. The minimum atomic E-state index is -4.95. The monoisotopic (exact) mass is 467 g/mol. The third kappa shape index (κ3) is 4.12. The third-order valence-corrected chi connectivity index (χ3v) is 4.79. The Labute approximate surface area is 182 Å². The van der Waals surface area contributed by atoms with Crippen LogP contribution in [0.1, 0.15) is 22.8 Å². The maximum Gasteiger partial charge on any atom is 0.417 e. The number of carbonyl (C=O) groups excluding carboxylic acids is 1. The number of aromatic nitrogens is 2. The van der Waals surface area contributed by atoms with Crippen molar-refractivity contribution in [1.29, 1.82) is 0 Å². The highest BCUT2D eigenvalue weighted by Gasteiger charge is 2.37. The molecule has 0 aliphatic heterocycles. The largest absolute Gasteiger partial charge is 0.504 e. The molecule has 3 aromatic rings. The molecule has 3 N–H and O–H groups in total. The molecule has 174 valence electrons. The zero-order valence-corrected chi connectivity index (χ0v) is 17.1. The summed E-state index contributed by atoms with van der Waals surface area (Å²) < 4.78 is 47.0. The molecule has 0 aliphatic carbocycles. The van der Waals surface area contributed by atoms with Crippen LogP contribution in [0, 0.1) is 10.1 Å². The first-order valence-electron chi connectivity index (χ1n) is 9.25. The normalized spacial score (nSPS) is 11.4. The molecule has 0 amide bonds. The number of ether oxygens (including phenoxy) is 1. The van der Waals surface area contributed by atoms with E-state index >= 15 is 0 Å². The topological polar surface area (TPSA) is 148 Å². The van der Waals surface area contributed by atoms with Gasteiger partial charge in [0.1, 0.15) is 0 Å². The Kier molecular flexibility index (Phi) is 5.90. The fourth-order valence-corrected chi connectivity index (χ4v) is 3.39. The van der Waals surface area contributed by atoms with Crippen molar-refractivity contribution in [1.82, 2.24) is 9.55 Å². The van der Waals surface area contributed by atoms with Gasteiger partial charge in [0.2, 0.25) is 5.75 Å². The van der Waals surface area contributed by atoms with Crippen LogP contribution in [0.15, 0.2) is 35.3 Å². The van der Waals surface area contributed by atoms with Gasteiger partial charge >= 0.3 is 17.8 Å². The average Bonchev–Trinajstić information content (AvgIpc) is 3.06. The maximum atomic E-state index is 13.7. The van der Waals surface area contributed by atoms with E-state index in [1.165, 1.54) is 14.0 Å². The Morgan fingerprint density at radius 3 is 2.52 bits per heavy atom. The van der Waals surface area contributed by atoms with Gasteiger partial charge in [-0.25, -0.2) is 4.79 Å². The van der Waals surface area contributed by atoms with E-state index < -0.39 is 62.2 Å². The van der Waals surface area contributed by atoms with Crippen molar-refractivity contribution in [3.8, 4) is 34.0 Å². The van der Waals surface area contributed by atoms with Crippen molar-refractivity contribution >= 4 is 11.7 Å². The summed E-state index contributed by atoms with van der Waals surface area (Å²) in [5.41, 5.74) is -5.23. The molecule has 0 unspecified atom stereocenters. The minimum absolute atomic E-state index is 0.0668. The zero-order chi connectivity index (χ0) is 24.7. The lowest BCUT2D eigenvalue weighted by molar-refractivity contribution is -0.385. The Morgan fingerprint density at radius 2 is 1.94 bits per heavy atom. The number of rotatable bonds is 5. The van der Waals surface area contributed by atoms with E-state index in [0.717, 1.165) is 29.0 Å². The van der Waals surface area contributed by atoms with Crippen LogP contribution in [0.2, 0.25) is 0 Å². The number of alkyl halides is 3. The number of nitrogens with one attached hydrogen (secondary N) is 1. The molecule has 0 fully saturated rings. The lowest BCUT2D eigenvalue weighted by atomic mass is 10.0. The van der Waals surface area contributed by atoms with Crippen LogP contribution in [0.25, 0.3) is 22.5 Å². The summed E-state index contributed by atoms with van der Waals surface area (Å²) in [5.74, 6) is -2.92. The van der Waals surface area contributed by atoms with Gasteiger partial charge in [-0.2, -0.15) is 13.2 Å². The number of nitro groups is 1. The van der Waals surface area contributed by atoms with Crippen LogP contribution in [0.5, 0.6) is 11.5 Å².